The van der Waals surface area contributed by atoms with Crippen LogP contribution in [0.25, 0.3) is 0 Å². The zero-order valence-electron chi connectivity index (χ0n) is 11.9. The minimum Gasteiger partial charge on any atom is -0.292 e. The second-order valence-corrected chi connectivity index (χ2v) is 8.04. The Morgan fingerprint density at radius 2 is 1.85 bits per heavy atom. The van der Waals surface area contributed by atoms with Crippen molar-refractivity contribution in [2.24, 2.45) is 23.2 Å². The summed E-state index contributed by atoms with van der Waals surface area (Å²) in [6.07, 6.45) is 9.27. The van der Waals surface area contributed by atoms with Crippen molar-refractivity contribution in [2.45, 2.75) is 52.0 Å². The molecule has 0 radical (unpaired) electrons. The summed E-state index contributed by atoms with van der Waals surface area (Å²) in [5.41, 5.74) is 0.749. The molecule has 1 heterocycles. The predicted molar refractivity (Wildman–Crippen MR) is 80.5 cm³/mol. The van der Waals surface area contributed by atoms with E-state index in [1.807, 2.05) is 4.68 Å². The molecule has 4 aliphatic carbocycles. The Kier molecular flexibility index (Phi) is 2.89. The quantitative estimate of drug-likeness (QED) is 0.780. The number of aromatic nitrogens is 2. The molecule has 4 aliphatic rings. The molecule has 0 aliphatic heterocycles. The van der Waals surface area contributed by atoms with Gasteiger partial charge in [0.1, 0.15) is 5.69 Å². The molecule has 0 amide bonds. The third kappa shape index (κ3) is 1.76. The lowest BCUT2D eigenvalue weighted by Gasteiger charge is -2.55. The molecular formula is C16H21BrN2O. The Morgan fingerprint density at radius 3 is 2.35 bits per heavy atom. The molecule has 0 spiro atoms. The maximum Gasteiger partial charge on any atom is 0.188 e. The zero-order valence-corrected chi connectivity index (χ0v) is 13.5. The number of carbonyl (C=O) groups excluding carboxylic acids is 1. The van der Waals surface area contributed by atoms with E-state index in [4.69, 9.17) is 0 Å². The van der Waals surface area contributed by atoms with Crippen LogP contribution >= 0.6 is 15.9 Å². The van der Waals surface area contributed by atoms with Gasteiger partial charge in [0.2, 0.25) is 0 Å². The molecule has 0 aromatic carbocycles. The number of aryl methyl sites for hydroxylation is 1. The summed E-state index contributed by atoms with van der Waals surface area (Å²) in [4.78, 5) is 13.3. The summed E-state index contributed by atoms with van der Waals surface area (Å²) in [5, 5.41) is 4.33. The molecule has 4 bridgehead atoms. The highest BCUT2D eigenvalue weighted by Gasteiger charge is 2.55. The number of halogens is 1. The molecule has 0 N–H and O–H groups in total. The van der Waals surface area contributed by atoms with E-state index in [9.17, 15) is 4.79 Å². The molecule has 1 aromatic rings. The van der Waals surface area contributed by atoms with Crippen molar-refractivity contribution in [3.63, 3.8) is 0 Å². The molecule has 20 heavy (non-hydrogen) atoms. The number of rotatable bonds is 3. The summed E-state index contributed by atoms with van der Waals surface area (Å²) >= 11 is 3.53. The summed E-state index contributed by atoms with van der Waals surface area (Å²) in [6.45, 7) is 2.81. The van der Waals surface area contributed by atoms with Crippen LogP contribution in [-0.4, -0.2) is 15.6 Å². The van der Waals surface area contributed by atoms with Gasteiger partial charge < -0.3 is 0 Å². The molecule has 0 saturated heterocycles. The van der Waals surface area contributed by atoms with Crippen LogP contribution < -0.4 is 0 Å². The number of Topliss-reactive ketones (excluding diaryl/α,β-unsaturated/α-hetero) is 1. The van der Waals surface area contributed by atoms with Gasteiger partial charge in [-0.15, -0.1) is 0 Å². The van der Waals surface area contributed by atoms with Crippen LogP contribution in [0.3, 0.4) is 0 Å². The number of hydrogen-bond acceptors (Lipinski definition) is 2. The molecule has 4 fully saturated rings. The van der Waals surface area contributed by atoms with Crippen molar-refractivity contribution in [2.75, 3.05) is 0 Å². The number of ketones is 1. The van der Waals surface area contributed by atoms with Crippen LogP contribution in [0, 0.1) is 23.2 Å². The molecule has 1 aromatic heterocycles. The van der Waals surface area contributed by atoms with Crippen LogP contribution in [0.1, 0.15) is 55.9 Å². The molecule has 108 valence electrons. The van der Waals surface area contributed by atoms with Crippen LogP contribution in [0.5, 0.6) is 0 Å². The normalized spacial score (nSPS) is 38.4. The van der Waals surface area contributed by atoms with Gasteiger partial charge in [-0.3, -0.25) is 9.48 Å². The maximum atomic E-state index is 13.3. The Bertz CT molecular complexity index is 528. The fourth-order valence-electron chi connectivity index (χ4n) is 5.47. The third-order valence-corrected chi connectivity index (χ3v) is 6.41. The smallest absolute Gasteiger partial charge is 0.188 e. The molecule has 4 heteroatoms. The monoisotopic (exact) mass is 336 g/mol. The van der Waals surface area contributed by atoms with Crippen molar-refractivity contribution < 1.29 is 4.79 Å². The summed E-state index contributed by atoms with van der Waals surface area (Å²) in [7, 11) is 0. The molecule has 0 atom stereocenters. The SMILES string of the molecule is CCn1ncc(Br)c1C(=O)C12CC3CC(CC(C3)C1)C2. The summed E-state index contributed by atoms with van der Waals surface area (Å²) in [5.74, 6) is 2.79. The second-order valence-electron chi connectivity index (χ2n) is 7.18. The first-order chi connectivity index (χ1) is 9.61. The van der Waals surface area contributed by atoms with Gasteiger partial charge in [0.05, 0.1) is 10.7 Å². The Balaban J connectivity index is 1.73. The maximum absolute atomic E-state index is 13.3. The lowest BCUT2D eigenvalue weighted by molar-refractivity contribution is -0.0358. The van der Waals surface area contributed by atoms with Crippen LogP contribution in [0.15, 0.2) is 10.7 Å². The molecular weight excluding hydrogens is 316 g/mol. The first-order valence-corrected chi connectivity index (χ1v) is 8.66. The number of nitrogens with zero attached hydrogens (tertiary/aromatic N) is 2. The van der Waals surface area contributed by atoms with Crippen molar-refractivity contribution in [3.8, 4) is 0 Å². The first-order valence-electron chi connectivity index (χ1n) is 7.87. The van der Waals surface area contributed by atoms with Crippen LogP contribution in [-0.2, 0) is 6.54 Å². The van der Waals surface area contributed by atoms with E-state index in [-0.39, 0.29) is 5.41 Å². The Morgan fingerprint density at radius 1 is 1.30 bits per heavy atom. The first kappa shape index (κ1) is 13.1. The van der Waals surface area contributed by atoms with Crippen molar-refractivity contribution in [1.82, 2.24) is 9.78 Å². The van der Waals surface area contributed by atoms with Crippen LogP contribution in [0.2, 0.25) is 0 Å². The fraction of sp³-hybridized carbons (Fsp3) is 0.750. The van der Waals surface area contributed by atoms with Crippen LogP contribution in [0.4, 0.5) is 0 Å². The average molecular weight is 337 g/mol. The highest BCUT2D eigenvalue weighted by molar-refractivity contribution is 9.10. The van der Waals surface area contributed by atoms with E-state index in [1.165, 1.54) is 19.3 Å². The minimum absolute atomic E-state index is 0.0653. The van der Waals surface area contributed by atoms with Gasteiger partial charge in [0, 0.05) is 12.0 Å². The largest absolute Gasteiger partial charge is 0.292 e. The lowest BCUT2D eigenvalue weighted by Crippen LogP contribution is -2.50. The topological polar surface area (TPSA) is 34.9 Å². The van der Waals surface area contributed by atoms with Crippen molar-refractivity contribution in [3.05, 3.63) is 16.4 Å². The molecule has 0 unspecified atom stereocenters. The highest BCUT2D eigenvalue weighted by atomic mass is 79.9. The average Bonchev–Trinajstić information content (AvgIpc) is 2.77. The van der Waals surface area contributed by atoms with Crippen molar-refractivity contribution in [1.29, 1.82) is 0 Å². The van der Waals surface area contributed by atoms with E-state index in [0.29, 0.717) is 5.78 Å². The predicted octanol–water partition coefficient (Wildman–Crippen LogP) is 4.06. The standard InChI is InChI=1S/C16H21BrN2O/c1-2-19-14(13(17)9-18-19)15(20)16-6-10-3-11(7-16)5-12(4-10)8-16/h9-12H,2-8H2,1H3. The fourth-order valence-corrected chi connectivity index (χ4v) is 5.94. The minimum atomic E-state index is -0.0653. The molecule has 5 rings (SSSR count). The van der Waals surface area contributed by atoms with Crippen molar-refractivity contribution >= 4 is 21.7 Å². The van der Waals surface area contributed by atoms with Gasteiger partial charge >= 0.3 is 0 Å². The summed E-state index contributed by atoms with van der Waals surface area (Å²) < 4.78 is 2.74. The third-order valence-electron chi connectivity index (χ3n) is 5.83. The van der Waals surface area contributed by atoms with Gasteiger partial charge in [0.15, 0.2) is 5.78 Å². The lowest BCUT2D eigenvalue weighted by atomic mass is 9.48. The second kappa shape index (κ2) is 4.43. The zero-order chi connectivity index (χ0) is 13.9. The van der Waals surface area contributed by atoms with Gasteiger partial charge in [-0.25, -0.2) is 0 Å². The number of carbonyl (C=O) groups is 1. The number of hydrogen-bond donors (Lipinski definition) is 0. The van der Waals surface area contributed by atoms with E-state index in [0.717, 1.165) is 53.7 Å². The van der Waals surface area contributed by atoms with Gasteiger partial charge in [0.25, 0.3) is 0 Å². The van der Waals surface area contributed by atoms with Gasteiger partial charge in [-0.2, -0.15) is 5.10 Å². The molecule has 4 saturated carbocycles. The summed E-state index contributed by atoms with van der Waals surface area (Å²) in [6, 6.07) is 0. The molecule has 3 nitrogen and oxygen atoms in total. The van der Waals surface area contributed by atoms with Gasteiger partial charge in [-0.05, 0) is 79.1 Å². The van der Waals surface area contributed by atoms with E-state index >= 15 is 0 Å². The van der Waals surface area contributed by atoms with E-state index < -0.39 is 0 Å². The highest BCUT2D eigenvalue weighted by Crippen LogP contribution is 2.61. The Hall–Kier alpha value is -0.640. The Labute approximate surface area is 128 Å². The van der Waals surface area contributed by atoms with E-state index in [2.05, 4.69) is 28.0 Å². The van der Waals surface area contributed by atoms with E-state index in [1.54, 1.807) is 6.20 Å². The van der Waals surface area contributed by atoms with Gasteiger partial charge in [-0.1, -0.05) is 0 Å².